The molecule has 0 aliphatic rings. The van der Waals surface area contributed by atoms with Gasteiger partial charge in [-0.05, 0) is 18.2 Å². The lowest BCUT2D eigenvalue weighted by atomic mass is 10.2. The summed E-state index contributed by atoms with van der Waals surface area (Å²) in [5, 5.41) is 8.63. The number of benzene rings is 1. The second-order valence-electron chi connectivity index (χ2n) is 3.04. The average molecular weight is 234 g/mol. The normalized spacial score (nSPS) is 9.81. The molecule has 0 saturated carbocycles. The topological polar surface area (TPSA) is 49.6 Å². The van der Waals surface area contributed by atoms with E-state index in [4.69, 9.17) is 16.9 Å². The van der Waals surface area contributed by atoms with E-state index in [0.29, 0.717) is 17.0 Å². The second kappa shape index (κ2) is 4.25. The van der Waals surface area contributed by atoms with E-state index < -0.39 is 5.82 Å². The third-order valence-corrected chi connectivity index (χ3v) is 2.27. The molecule has 1 heterocycles. The maximum Gasteiger partial charge on any atom is 0.159 e. The van der Waals surface area contributed by atoms with Gasteiger partial charge in [-0.2, -0.15) is 5.26 Å². The summed E-state index contributed by atoms with van der Waals surface area (Å²) in [5.41, 5.74) is 0.879. The van der Waals surface area contributed by atoms with Gasteiger partial charge in [0.25, 0.3) is 0 Å². The third-order valence-electron chi connectivity index (χ3n) is 1.96. The zero-order valence-electron chi connectivity index (χ0n) is 7.98. The fourth-order valence-electron chi connectivity index (χ4n) is 1.17. The van der Waals surface area contributed by atoms with Crippen molar-refractivity contribution in [1.82, 2.24) is 9.97 Å². The van der Waals surface area contributed by atoms with Crippen LogP contribution in [0.15, 0.2) is 30.6 Å². The van der Waals surface area contributed by atoms with Crippen LogP contribution in [0, 0.1) is 17.1 Å². The largest absolute Gasteiger partial charge is 0.235 e. The molecule has 0 spiro atoms. The van der Waals surface area contributed by atoms with E-state index in [9.17, 15) is 4.39 Å². The Balaban J connectivity index is 2.43. The molecule has 0 saturated heterocycles. The van der Waals surface area contributed by atoms with Crippen molar-refractivity contribution >= 4 is 11.6 Å². The van der Waals surface area contributed by atoms with E-state index in [1.54, 1.807) is 6.07 Å². The molecule has 0 atom stereocenters. The van der Waals surface area contributed by atoms with Gasteiger partial charge in [-0.1, -0.05) is 11.6 Å². The lowest BCUT2D eigenvalue weighted by Crippen LogP contribution is -1.90. The Hall–Kier alpha value is -1.99. The molecule has 16 heavy (non-hydrogen) atoms. The molecule has 2 rings (SSSR count). The highest BCUT2D eigenvalue weighted by atomic mass is 35.5. The standard InChI is InChI=1S/C11H5ClFN3/c12-9-2-1-8(3-10(9)13)11-15-5-7(4-14)6-16-11/h1-3,5-6H. The van der Waals surface area contributed by atoms with Crippen molar-refractivity contribution in [3.8, 4) is 17.5 Å². The van der Waals surface area contributed by atoms with E-state index in [0.717, 1.165) is 0 Å². The quantitative estimate of drug-likeness (QED) is 0.761. The predicted molar refractivity (Wildman–Crippen MR) is 57.2 cm³/mol. The zero-order chi connectivity index (χ0) is 11.5. The van der Waals surface area contributed by atoms with Gasteiger partial charge >= 0.3 is 0 Å². The van der Waals surface area contributed by atoms with Gasteiger partial charge in [0.2, 0.25) is 0 Å². The molecule has 0 aliphatic heterocycles. The molecule has 2 aromatic rings. The van der Waals surface area contributed by atoms with Gasteiger partial charge in [-0.25, -0.2) is 14.4 Å². The first kappa shape index (κ1) is 10.5. The van der Waals surface area contributed by atoms with E-state index in [1.807, 2.05) is 6.07 Å². The molecule has 0 bridgehead atoms. The maximum absolute atomic E-state index is 13.2. The average Bonchev–Trinajstić information content (AvgIpc) is 2.33. The summed E-state index contributed by atoms with van der Waals surface area (Å²) in [6, 6.07) is 6.22. The maximum atomic E-state index is 13.2. The molecule has 0 unspecified atom stereocenters. The fraction of sp³-hybridized carbons (Fsp3) is 0. The molecular weight excluding hydrogens is 229 g/mol. The molecule has 3 nitrogen and oxygen atoms in total. The molecular formula is C11H5ClFN3. The zero-order valence-corrected chi connectivity index (χ0v) is 8.74. The van der Waals surface area contributed by atoms with Gasteiger partial charge in [0.1, 0.15) is 11.9 Å². The number of nitriles is 1. The van der Waals surface area contributed by atoms with E-state index in [2.05, 4.69) is 9.97 Å². The first-order valence-electron chi connectivity index (χ1n) is 4.38. The van der Waals surface area contributed by atoms with Crippen LogP contribution in [-0.2, 0) is 0 Å². The first-order valence-corrected chi connectivity index (χ1v) is 4.76. The summed E-state index contributed by atoms with van der Waals surface area (Å²) in [6.07, 6.45) is 2.77. The number of halogens is 2. The third kappa shape index (κ3) is 2.00. The lowest BCUT2D eigenvalue weighted by molar-refractivity contribution is 0.628. The van der Waals surface area contributed by atoms with Crippen molar-refractivity contribution in [2.24, 2.45) is 0 Å². The van der Waals surface area contributed by atoms with Crippen molar-refractivity contribution in [2.75, 3.05) is 0 Å². The number of rotatable bonds is 1. The summed E-state index contributed by atoms with van der Waals surface area (Å²) in [6.45, 7) is 0. The lowest BCUT2D eigenvalue weighted by Gasteiger charge is -2.00. The Kier molecular flexibility index (Phi) is 2.80. The van der Waals surface area contributed by atoms with Crippen LogP contribution in [-0.4, -0.2) is 9.97 Å². The van der Waals surface area contributed by atoms with Crippen LogP contribution >= 0.6 is 11.6 Å². The number of aromatic nitrogens is 2. The molecule has 0 N–H and O–H groups in total. The van der Waals surface area contributed by atoms with Crippen molar-refractivity contribution in [3.05, 3.63) is 47.0 Å². The summed E-state index contributed by atoms with van der Waals surface area (Å²) in [4.78, 5) is 7.89. The molecule has 1 aromatic heterocycles. The van der Waals surface area contributed by atoms with Crippen molar-refractivity contribution in [1.29, 1.82) is 5.26 Å². The Morgan fingerprint density at radius 1 is 1.25 bits per heavy atom. The van der Waals surface area contributed by atoms with Crippen LogP contribution < -0.4 is 0 Å². The van der Waals surface area contributed by atoms with Crippen LogP contribution in [0.5, 0.6) is 0 Å². The Morgan fingerprint density at radius 2 is 1.94 bits per heavy atom. The second-order valence-corrected chi connectivity index (χ2v) is 3.44. The molecule has 5 heteroatoms. The fourth-order valence-corrected chi connectivity index (χ4v) is 1.29. The summed E-state index contributed by atoms with van der Waals surface area (Å²) >= 11 is 5.56. The monoisotopic (exact) mass is 233 g/mol. The molecule has 1 aromatic carbocycles. The minimum absolute atomic E-state index is 0.0531. The van der Waals surface area contributed by atoms with Crippen molar-refractivity contribution < 1.29 is 4.39 Å². The highest BCUT2D eigenvalue weighted by molar-refractivity contribution is 6.30. The Bertz CT molecular complexity index is 560. The molecule has 0 radical (unpaired) electrons. The molecule has 0 aliphatic carbocycles. The molecule has 0 fully saturated rings. The van der Waals surface area contributed by atoms with Gasteiger partial charge in [-0.3, -0.25) is 0 Å². The van der Waals surface area contributed by atoms with E-state index in [1.165, 1.54) is 24.5 Å². The van der Waals surface area contributed by atoms with Gasteiger partial charge in [0.15, 0.2) is 5.82 Å². The molecule has 78 valence electrons. The SMILES string of the molecule is N#Cc1cnc(-c2ccc(Cl)c(F)c2)nc1. The van der Waals surface area contributed by atoms with Gasteiger partial charge in [0, 0.05) is 18.0 Å². The smallest absolute Gasteiger partial charge is 0.159 e. The number of hydrogen-bond donors (Lipinski definition) is 0. The summed E-state index contributed by atoms with van der Waals surface area (Å²) < 4.78 is 13.2. The number of hydrogen-bond acceptors (Lipinski definition) is 3. The Morgan fingerprint density at radius 3 is 2.50 bits per heavy atom. The first-order chi connectivity index (χ1) is 7.70. The highest BCUT2D eigenvalue weighted by Crippen LogP contribution is 2.21. The van der Waals surface area contributed by atoms with Crippen LogP contribution in [0.4, 0.5) is 4.39 Å². The van der Waals surface area contributed by atoms with Crippen LogP contribution in [0.25, 0.3) is 11.4 Å². The summed E-state index contributed by atoms with van der Waals surface area (Å²) in [7, 11) is 0. The predicted octanol–water partition coefficient (Wildman–Crippen LogP) is 2.81. The van der Waals surface area contributed by atoms with Crippen LogP contribution in [0.2, 0.25) is 5.02 Å². The minimum atomic E-state index is -0.521. The van der Waals surface area contributed by atoms with Gasteiger partial charge in [-0.15, -0.1) is 0 Å². The van der Waals surface area contributed by atoms with Crippen LogP contribution in [0.3, 0.4) is 0 Å². The highest BCUT2D eigenvalue weighted by Gasteiger charge is 2.05. The number of nitrogens with zero attached hydrogens (tertiary/aromatic N) is 3. The van der Waals surface area contributed by atoms with E-state index in [-0.39, 0.29) is 5.02 Å². The summed E-state index contributed by atoms with van der Waals surface area (Å²) in [5.74, 6) is -0.165. The van der Waals surface area contributed by atoms with Gasteiger partial charge in [0.05, 0.1) is 10.6 Å². The van der Waals surface area contributed by atoms with E-state index >= 15 is 0 Å². The van der Waals surface area contributed by atoms with Gasteiger partial charge < -0.3 is 0 Å². The van der Waals surface area contributed by atoms with Crippen molar-refractivity contribution in [3.63, 3.8) is 0 Å². The molecule has 0 amide bonds. The van der Waals surface area contributed by atoms with Crippen molar-refractivity contribution in [2.45, 2.75) is 0 Å². The van der Waals surface area contributed by atoms with Crippen LogP contribution in [0.1, 0.15) is 5.56 Å². The minimum Gasteiger partial charge on any atom is -0.235 e. The Labute approximate surface area is 96.2 Å².